The number of carbonyl (C=O) groups is 1. The molecule has 1 heterocycles. The molecule has 1 rings (SSSR count). The second-order valence-corrected chi connectivity index (χ2v) is 7.28. The minimum absolute atomic E-state index is 0.0254. The van der Waals surface area contributed by atoms with Crippen molar-refractivity contribution in [3.05, 3.63) is 0 Å². The highest BCUT2D eigenvalue weighted by Crippen LogP contribution is 2.34. The molecule has 1 fully saturated rings. The second kappa shape index (κ2) is 6.06. The number of sulfonamides is 1. The molecule has 0 saturated carbocycles. The zero-order chi connectivity index (χ0) is 13.1. The maximum atomic E-state index is 12.1. The molecule has 0 bridgehead atoms. The molecule has 17 heavy (non-hydrogen) atoms. The summed E-state index contributed by atoms with van der Waals surface area (Å²) in [7, 11) is -3.44. The van der Waals surface area contributed by atoms with E-state index in [1.165, 1.54) is 16.1 Å². The predicted molar refractivity (Wildman–Crippen MR) is 68.5 cm³/mol. The Labute approximate surface area is 107 Å². The molecule has 1 aliphatic heterocycles. The summed E-state index contributed by atoms with van der Waals surface area (Å²) < 4.78 is 25.4. The quantitative estimate of drug-likeness (QED) is 0.795. The van der Waals surface area contributed by atoms with E-state index in [4.69, 9.17) is 5.11 Å². The maximum absolute atomic E-state index is 12.1. The van der Waals surface area contributed by atoms with Crippen molar-refractivity contribution in [2.75, 3.05) is 11.5 Å². The summed E-state index contributed by atoms with van der Waals surface area (Å²) in [5.74, 6) is -0.670. The van der Waals surface area contributed by atoms with Crippen LogP contribution in [0.4, 0.5) is 0 Å². The van der Waals surface area contributed by atoms with Crippen molar-refractivity contribution >= 4 is 27.8 Å². The fourth-order valence-corrected chi connectivity index (χ4v) is 5.74. The highest BCUT2D eigenvalue weighted by molar-refractivity contribution is 8.01. The molecule has 100 valence electrons. The number of aliphatic carboxylic acids is 1. The van der Waals surface area contributed by atoms with Gasteiger partial charge in [0.25, 0.3) is 0 Å². The molecule has 2 atom stereocenters. The SMILES string of the molecule is CCCC1SCC(C(=O)O)N1S(=O)(=O)CCC. The van der Waals surface area contributed by atoms with Crippen LogP contribution in [0.3, 0.4) is 0 Å². The van der Waals surface area contributed by atoms with Gasteiger partial charge < -0.3 is 5.11 Å². The molecule has 1 saturated heterocycles. The van der Waals surface area contributed by atoms with Crippen molar-refractivity contribution in [2.45, 2.75) is 44.5 Å². The number of carboxylic acids is 1. The van der Waals surface area contributed by atoms with E-state index in [0.29, 0.717) is 18.6 Å². The monoisotopic (exact) mass is 281 g/mol. The van der Waals surface area contributed by atoms with Gasteiger partial charge in [-0.3, -0.25) is 4.79 Å². The van der Waals surface area contributed by atoms with Crippen LogP contribution in [0.25, 0.3) is 0 Å². The summed E-state index contributed by atoms with van der Waals surface area (Å²) in [6.45, 7) is 3.75. The van der Waals surface area contributed by atoms with Gasteiger partial charge >= 0.3 is 5.97 Å². The highest BCUT2D eigenvalue weighted by atomic mass is 32.2. The Morgan fingerprint density at radius 3 is 2.53 bits per heavy atom. The molecule has 7 heteroatoms. The Balaban J connectivity index is 2.97. The molecule has 0 spiro atoms. The molecule has 1 N–H and O–H groups in total. The minimum Gasteiger partial charge on any atom is -0.480 e. The number of rotatable bonds is 6. The first kappa shape index (κ1) is 14.8. The van der Waals surface area contributed by atoms with Gasteiger partial charge in [-0.25, -0.2) is 8.42 Å². The smallest absolute Gasteiger partial charge is 0.322 e. The van der Waals surface area contributed by atoms with Crippen LogP contribution < -0.4 is 0 Å². The number of hydrogen-bond donors (Lipinski definition) is 1. The number of carboxylic acid groups (broad SMARTS) is 1. The lowest BCUT2D eigenvalue weighted by Crippen LogP contribution is -2.46. The van der Waals surface area contributed by atoms with Crippen LogP contribution in [0.5, 0.6) is 0 Å². The summed E-state index contributed by atoms with van der Waals surface area (Å²) in [4.78, 5) is 11.1. The third kappa shape index (κ3) is 3.35. The van der Waals surface area contributed by atoms with Crippen molar-refractivity contribution < 1.29 is 18.3 Å². The maximum Gasteiger partial charge on any atom is 0.322 e. The van der Waals surface area contributed by atoms with Crippen molar-refractivity contribution in [3.63, 3.8) is 0 Å². The van der Waals surface area contributed by atoms with Crippen molar-refractivity contribution in [3.8, 4) is 0 Å². The lowest BCUT2D eigenvalue weighted by molar-refractivity contribution is -0.140. The Morgan fingerprint density at radius 1 is 1.41 bits per heavy atom. The molecule has 0 aliphatic carbocycles. The van der Waals surface area contributed by atoms with E-state index in [-0.39, 0.29) is 11.1 Å². The second-order valence-electron chi connectivity index (χ2n) is 4.08. The topological polar surface area (TPSA) is 74.7 Å². The third-order valence-corrected chi connectivity index (χ3v) is 6.21. The summed E-state index contributed by atoms with van der Waals surface area (Å²) in [6.07, 6.45) is 2.06. The molecule has 0 aromatic heterocycles. The molecular weight excluding hydrogens is 262 g/mol. The van der Waals surface area contributed by atoms with Gasteiger partial charge in [-0.2, -0.15) is 4.31 Å². The van der Waals surface area contributed by atoms with E-state index in [1.54, 1.807) is 6.92 Å². The number of nitrogens with zero attached hydrogens (tertiary/aromatic N) is 1. The van der Waals surface area contributed by atoms with Crippen LogP contribution in [-0.2, 0) is 14.8 Å². The Hall–Kier alpha value is -0.270. The van der Waals surface area contributed by atoms with E-state index < -0.39 is 22.0 Å². The standard InChI is InChI=1S/C10H19NO4S2/c1-3-5-9-11(17(14,15)6-4-2)8(7-16-9)10(12)13/h8-9H,3-7H2,1-2H3,(H,12,13). The van der Waals surface area contributed by atoms with Crippen LogP contribution in [-0.4, -0.2) is 46.7 Å². The van der Waals surface area contributed by atoms with Crippen LogP contribution >= 0.6 is 11.8 Å². The van der Waals surface area contributed by atoms with Gasteiger partial charge in [-0.1, -0.05) is 20.3 Å². The molecule has 0 radical (unpaired) electrons. The minimum atomic E-state index is -3.44. The Bertz CT molecular complexity index is 369. The number of thioether (sulfide) groups is 1. The van der Waals surface area contributed by atoms with Crippen molar-refractivity contribution in [2.24, 2.45) is 0 Å². The van der Waals surface area contributed by atoms with Crippen LogP contribution in [0, 0.1) is 0 Å². The van der Waals surface area contributed by atoms with Gasteiger partial charge in [0, 0.05) is 5.75 Å². The normalized spacial score (nSPS) is 26.2. The average Bonchev–Trinajstić information content (AvgIpc) is 2.62. The van der Waals surface area contributed by atoms with E-state index >= 15 is 0 Å². The molecule has 1 aliphatic rings. The van der Waals surface area contributed by atoms with Crippen LogP contribution in [0.2, 0.25) is 0 Å². The highest BCUT2D eigenvalue weighted by Gasteiger charge is 2.44. The van der Waals surface area contributed by atoms with Gasteiger partial charge in [0.05, 0.1) is 11.1 Å². The fraction of sp³-hybridized carbons (Fsp3) is 0.900. The number of hydrogen-bond acceptors (Lipinski definition) is 4. The van der Waals surface area contributed by atoms with Gasteiger partial charge in [-0.05, 0) is 12.8 Å². The van der Waals surface area contributed by atoms with E-state index in [2.05, 4.69) is 0 Å². The lowest BCUT2D eigenvalue weighted by atomic mass is 10.3. The molecule has 2 unspecified atom stereocenters. The summed E-state index contributed by atoms with van der Waals surface area (Å²) in [5, 5.41) is 8.87. The fourth-order valence-electron chi connectivity index (χ4n) is 1.92. The Morgan fingerprint density at radius 2 is 2.06 bits per heavy atom. The lowest BCUT2D eigenvalue weighted by Gasteiger charge is -2.26. The van der Waals surface area contributed by atoms with Crippen molar-refractivity contribution in [1.29, 1.82) is 0 Å². The van der Waals surface area contributed by atoms with Gasteiger partial charge in [0.1, 0.15) is 6.04 Å². The largest absolute Gasteiger partial charge is 0.480 e. The van der Waals surface area contributed by atoms with Gasteiger partial charge in [0.15, 0.2) is 0 Å². The molecule has 5 nitrogen and oxygen atoms in total. The molecule has 0 aromatic rings. The molecule has 0 amide bonds. The van der Waals surface area contributed by atoms with E-state index in [1.807, 2.05) is 6.92 Å². The first-order valence-corrected chi connectivity index (χ1v) is 8.45. The first-order valence-electron chi connectivity index (χ1n) is 5.79. The molecular formula is C10H19NO4S2. The van der Waals surface area contributed by atoms with Gasteiger partial charge in [-0.15, -0.1) is 11.8 Å². The first-order chi connectivity index (χ1) is 7.94. The van der Waals surface area contributed by atoms with Crippen LogP contribution in [0.15, 0.2) is 0 Å². The van der Waals surface area contributed by atoms with Crippen molar-refractivity contribution in [1.82, 2.24) is 4.31 Å². The summed E-state index contributed by atoms with van der Waals surface area (Å²) >= 11 is 1.43. The molecule has 0 aromatic carbocycles. The van der Waals surface area contributed by atoms with Gasteiger partial charge in [0.2, 0.25) is 10.0 Å². The van der Waals surface area contributed by atoms with Crippen LogP contribution in [0.1, 0.15) is 33.1 Å². The zero-order valence-electron chi connectivity index (χ0n) is 10.1. The summed E-state index contributed by atoms with van der Waals surface area (Å²) in [6, 6.07) is -0.895. The predicted octanol–water partition coefficient (Wildman–Crippen LogP) is 1.35. The summed E-state index contributed by atoms with van der Waals surface area (Å²) in [5.41, 5.74) is 0. The van der Waals surface area contributed by atoms with E-state index in [9.17, 15) is 13.2 Å². The van der Waals surface area contributed by atoms with E-state index in [0.717, 1.165) is 6.42 Å². The zero-order valence-corrected chi connectivity index (χ0v) is 11.8. The average molecular weight is 281 g/mol. The third-order valence-electron chi connectivity index (χ3n) is 2.64. The Kier molecular flexibility index (Phi) is 5.27.